The van der Waals surface area contributed by atoms with E-state index in [4.69, 9.17) is 4.74 Å². The molecule has 0 aromatic heterocycles. The van der Waals surface area contributed by atoms with Crippen molar-refractivity contribution in [1.29, 1.82) is 0 Å². The first-order chi connectivity index (χ1) is 16.5. The minimum absolute atomic E-state index is 0.0731. The minimum Gasteiger partial charge on any atom is -0.465 e. The van der Waals surface area contributed by atoms with Gasteiger partial charge in [0.15, 0.2) is 11.6 Å². The summed E-state index contributed by atoms with van der Waals surface area (Å²) >= 11 is 0. The minimum atomic E-state index is -0.449. The van der Waals surface area contributed by atoms with E-state index in [-0.39, 0.29) is 62.4 Å². The number of carbonyl (C=O) groups excluding carboxylic acids is 3. The molecule has 0 radical (unpaired) electrons. The molecule has 0 saturated heterocycles. The molecular weight excluding hydrogens is 448 g/mol. The summed E-state index contributed by atoms with van der Waals surface area (Å²) in [7, 11) is 0. The van der Waals surface area contributed by atoms with Crippen LogP contribution >= 0.6 is 0 Å². The second-order valence-corrected chi connectivity index (χ2v) is 15.1. The molecular formula is C32H46O4. The lowest BCUT2D eigenvalue weighted by Crippen LogP contribution is -2.65. The molecule has 4 heteroatoms. The molecule has 0 aromatic carbocycles. The van der Waals surface area contributed by atoms with Crippen LogP contribution in [0.1, 0.15) is 100 Å². The van der Waals surface area contributed by atoms with Gasteiger partial charge in [0.2, 0.25) is 0 Å². The van der Waals surface area contributed by atoms with Crippen molar-refractivity contribution in [3.8, 4) is 0 Å². The van der Waals surface area contributed by atoms with Crippen LogP contribution in [0.3, 0.4) is 0 Å². The SMILES string of the molecule is CC(=O)OC[C@]12CCC(C)(C)C[C@H]1C1=CC(=O)[C@@H]3[C@@]4(C)C=CC(=O)C(C)(C)[C@@H]4CC[C@@]3(C)[C@]1(C)CC2. The Hall–Kier alpha value is -1.71. The number of hydrogen-bond donors (Lipinski definition) is 0. The maximum Gasteiger partial charge on any atom is 0.302 e. The molecule has 4 nitrogen and oxygen atoms in total. The molecule has 0 N–H and O–H groups in total. The summed E-state index contributed by atoms with van der Waals surface area (Å²) in [6.07, 6.45) is 13.1. The Morgan fingerprint density at radius 3 is 2.31 bits per heavy atom. The molecule has 0 heterocycles. The van der Waals surface area contributed by atoms with Gasteiger partial charge >= 0.3 is 5.97 Å². The van der Waals surface area contributed by atoms with Crippen molar-refractivity contribution in [2.75, 3.05) is 6.61 Å². The number of ether oxygens (including phenoxy) is 1. The fourth-order valence-electron chi connectivity index (χ4n) is 10.00. The summed E-state index contributed by atoms with van der Waals surface area (Å²) in [5.41, 5.74) is 0.418. The van der Waals surface area contributed by atoms with Crippen LogP contribution in [0.15, 0.2) is 23.8 Å². The Kier molecular flexibility index (Phi) is 5.52. The van der Waals surface area contributed by atoms with Gasteiger partial charge in [-0.05, 0) is 85.2 Å². The number of ketones is 2. The van der Waals surface area contributed by atoms with E-state index in [0.717, 1.165) is 44.9 Å². The van der Waals surface area contributed by atoms with Crippen LogP contribution in [0.2, 0.25) is 0 Å². The molecule has 3 fully saturated rings. The summed E-state index contributed by atoms with van der Waals surface area (Å²) in [6.45, 7) is 17.9. The Bertz CT molecular complexity index is 1080. The molecule has 0 bridgehead atoms. The molecule has 198 valence electrons. The quantitative estimate of drug-likeness (QED) is 0.393. The van der Waals surface area contributed by atoms with Gasteiger partial charge < -0.3 is 4.74 Å². The number of rotatable bonds is 2. The molecule has 3 saturated carbocycles. The van der Waals surface area contributed by atoms with Crippen LogP contribution in [0, 0.1) is 50.2 Å². The van der Waals surface area contributed by atoms with E-state index in [1.54, 1.807) is 6.08 Å². The highest BCUT2D eigenvalue weighted by Crippen LogP contribution is 2.74. The van der Waals surface area contributed by atoms with Gasteiger partial charge in [-0.2, -0.15) is 0 Å². The van der Waals surface area contributed by atoms with Crippen LogP contribution < -0.4 is 0 Å². The zero-order valence-electron chi connectivity index (χ0n) is 23.8. The van der Waals surface area contributed by atoms with Gasteiger partial charge in [0.05, 0.1) is 6.61 Å². The number of carbonyl (C=O) groups is 3. The lowest BCUT2D eigenvalue weighted by Gasteiger charge is -2.69. The lowest BCUT2D eigenvalue weighted by molar-refractivity contribution is -0.174. The van der Waals surface area contributed by atoms with Gasteiger partial charge in [0.25, 0.3) is 0 Å². The third-order valence-corrected chi connectivity index (χ3v) is 12.4. The summed E-state index contributed by atoms with van der Waals surface area (Å²) < 4.78 is 5.71. The standard InChI is InChI=1S/C32H46O4/c1-20(33)36-19-32-15-13-27(2,3)18-22(32)21-17-23(34)26-29(6)11-10-25(35)28(4,5)24(29)9-12-31(26,8)30(21,7)14-16-32/h10-11,17,22,24,26H,9,12-16,18-19H2,1-8H3/t22-,24-,26+,29-,30+,31+,32+/m0/s1. The maximum absolute atomic E-state index is 14.3. The normalized spacial score (nSPS) is 46.6. The zero-order chi connectivity index (χ0) is 26.5. The Balaban J connectivity index is 1.64. The number of hydrogen-bond acceptors (Lipinski definition) is 4. The highest BCUT2D eigenvalue weighted by molar-refractivity contribution is 5.99. The first-order valence-corrected chi connectivity index (χ1v) is 14.2. The van der Waals surface area contributed by atoms with E-state index in [1.165, 1.54) is 12.5 Å². The van der Waals surface area contributed by atoms with Crippen LogP contribution in [0.4, 0.5) is 0 Å². The summed E-state index contributed by atoms with van der Waals surface area (Å²) in [5.74, 6) is 0.526. The third kappa shape index (κ3) is 3.27. The Labute approximate surface area is 217 Å². The van der Waals surface area contributed by atoms with Crippen molar-refractivity contribution >= 4 is 17.5 Å². The number of fused-ring (bicyclic) bond motifs is 7. The predicted octanol–water partition coefficient (Wildman–Crippen LogP) is 6.88. The van der Waals surface area contributed by atoms with Gasteiger partial charge in [0.1, 0.15) is 0 Å². The fraction of sp³-hybridized carbons (Fsp3) is 0.781. The molecule has 0 spiro atoms. The van der Waals surface area contributed by atoms with Crippen molar-refractivity contribution in [3.63, 3.8) is 0 Å². The molecule has 5 rings (SSSR count). The zero-order valence-corrected chi connectivity index (χ0v) is 23.8. The molecule has 36 heavy (non-hydrogen) atoms. The van der Waals surface area contributed by atoms with Gasteiger partial charge in [-0.25, -0.2) is 0 Å². The van der Waals surface area contributed by atoms with Crippen molar-refractivity contribution in [2.45, 2.75) is 100 Å². The lowest BCUT2D eigenvalue weighted by atomic mass is 9.34. The second kappa shape index (κ2) is 7.67. The Morgan fingerprint density at radius 2 is 1.64 bits per heavy atom. The molecule has 5 aliphatic carbocycles. The molecule has 7 atom stereocenters. The predicted molar refractivity (Wildman–Crippen MR) is 141 cm³/mol. The highest BCUT2D eigenvalue weighted by Gasteiger charge is 2.69. The van der Waals surface area contributed by atoms with Crippen LogP contribution in [-0.4, -0.2) is 24.1 Å². The fourth-order valence-corrected chi connectivity index (χ4v) is 10.00. The van der Waals surface area contributed by atoms with Crippen molar-refractivity contribution in [2.24, 2.45) is 50.2 Å². The third-order valence-electron chi connectivity index (χ3n) is 12.4. The number of esters is 1. The molecule has 0 unspecified atom stereocenters. The van der Waals surface area contributed by atoms with Crippen molar-refractivity contribution in [3.05, 3.63) is 23.8 Å². The average Bonchev–Trinajstić information content (AvgIpc) is 2.77. The van der Waals surface area contributed by atoms with Gasteiger partial charge in [-0.15, -0.1) is 0 Å². The first-order valence-electron chi connectivity index (χ1n) is 14.2. The van der Waals surface area contributed by atoms with Crippen LogP contribution in [0.25, 0.3) is 0 Å². The van der Waals surface area contributed by atoms with E-state index < -0.39 is 5.41 Å². The van der Waals surface area contributed by atoms with Crippen molar-refractivity contribution in [1.82, 2.24) is 0 Å². The van der Waals surface area contributed by atoms with Gasteiger partial charge in [-0.3, -0.25) is 14.4 Å². The van der Waals surface area contributed by atoms with Crippen molar-refractivity contribution < 1.29 is 19.1 Å². The van der Waals surface area contributed by atoms with E-state index in [9.17, 15) is 14.4 Å². The Morgan fingerprint density at radius 1 is 0.972 bits per heavy atom. The van der Waals surface area contributed by atoms with Gasteiger partial charge in [-0.1, -0.05) is 60.1 Å². The van der Waals surface area contributed by atoms with Crippen LogP contribution in [0.5, 0.6) is 0 Å². The topological polar surface area (TPSA) is 60.4 Å². The van der Waals surface area contributed by atoms with Crippen LogP contribution in [-0.2, 0) is 19.1 Å². The van der Waals surface area contributed by atoms with E-state index >= 15 is 0 Å². The molecule has 0 aliphatic heterocycles. The monoisotopic (exact) mass is 494 g/mol. The smallest absolute Gasteiger partial charge is 0.302 e. The largest absolute Gasteiger partial charge is 0.465 e. The first kappa shape index (κ1) is 25.9. The second-order valence-electron chi connectivity index (χ2n) is 15.1. The molecule has 0 aromatic rings. The van der Waals surface area contributed by atoms with E-state index in [0.29, 0.717) is 6.61 Å². The van der Waals surface area contributed by atoms with E-state index in [2.05, 4.69) is 54.5 Å². The highest BCUT2D eigenvalue weighted by atomic mass is 16.5. The number of allylic oxidation sites excluding steroid dienone is 4. The molecule has 0 amide bonds. The summed E-state index contributed by atoms with van der Waals surface area (Å²) in [6, 6.07) is 0. The maximum atomic E-state index is 14.3. The van der Waals surface area contributed by atoms with E-state index in [1.807, 2.05) is 6.08 Å². The summed E-state index contributed by atoms with van der Waals surface area (Å²) in [5, 5.41) is 0. The average molecular weight is 495 g/mol. The summed E-state index contributed by atoms with van der Waals surface area (Å²) in [4.78, 5) is 39.0. The molecule has 5 aliphatic rings. The van der Waals surface area contributed by atoms with Gasteiger partial charge in [0, 0.05) is 29.1 Å².